The first-order valence-corrected chi connectivity index (χ1v) is 17.2. The third-order valence-electron chi connectivity index (χ3n) is 7.90. The van der Waals surface area contributed by atoms with E-state index in [4.69, 9.17) is 0 Å². The van der Waals surface area contributed by atoms with E-state index in [0.29, 0.717) is 21.5 Å². The van der Waals surface area contributed by atoms with Crippen molar-refractivity contribution < 1.29 is 84.7 Å². The number of hydrogen-bond acceptors (Lipinski definition) is 14. The number of nitrogens with one attached hydrogen (secondary N) is 2. The average molecular weight is 934 g/mol. The summed E-state index contributed by atoms with van der Waals surface area (Å²) < 4.78 is 0. The zero-order valence-corrected chi connectivity index (χ0v) is 33.7. The molecule has 0 saturated heterocycles. The molecule has 0 saturated carbocycles. The van der Waals surface area contributed by atoms with E-state index < -0.39 is 23.9 Å². The zero-order valence-electron chi connectivity index (χ0n) is 31.8. The minimum absolute atomic E-state index is 0. The SMILES string of the molecule is O.O.O=C([O-])c1ccc(C(=O)[O-])c2ccccc12.O=C([O-])c1ccc(C(=O)[O-])c2ccccc12.[Cu+2].[Cu+2].c1ccc(Nc2ccccn2)nc1.c1ccc(Nc2ccccn2)nc1. The van der Waals surface area contributed by atoms with Gasteiger partial charge in [0.25, 0.3) is 0 Å². The van der Waals surface area contributed by atoms with Gasteiger partial charge in [-0.2, -0.15) is 0 Å². The van der Waals surface area contributed by atoms with Gasteiger partial charge < -0.3 is 61.2 Å². The van der Waals surface area contributed by atoms with Crippen LogP contribution in [0, 0.1) is 0 Å². The van der Waals surface area contributed by atoms with Gasteiger partial charge in [-0.1, -0.05) is 97.1 Å². The quantitative estimate of drug-likeness (QED) is 0.206. The van der Waals surface area contributed by atoms with Crippen LogP contribution in [0.3, 0.4) is 0 Å². The molecule has 0 amide bonds. The van der Waals surface area contributed by atoms with E-state index >= 15 is 0 Å². The summed E-state index contributed by atoms with van der Waals surface area (Å²) in [5.74, 6) is -2.10. The molecule has 0 aliphatic rings. The molecule has 0 aliphatic heterocycles. The maximum atomic E-state index is 10.8. The normalized spacial score (nSPS) is 9.29. The Morgan fingerprint density at radius 3 is 0.677 bits per heavy atom. The van der Waals surface area contributed by atoms with Crippen molar-refractivity contribution in [3.05, 3.63) is 193 Å². The first-order valence-electron chi connectivity index (χ1n) is 17.2. The molecule has 62 heavy (non-hydrogen) atoms. The van der Waals surface area contributed by atoms with E-state index in [2.05, 4.69) is 30.6 Å². The van der Waals surface area contributed by atoms with Gasteiger partial charge in [0, 0.05) is 47.0 Å². The second kappa shape index (κ2) is 26.5. The fourth-order valence-electron chi connectivity index (χ4n) is 5.32. The van der Waals surface area contributed by atoms with Crippen molar-refractivity contribution in [2.45, 2.75) is 0 Å². The van der Waals surface area contributed by atoms with Crippen LogP contribution in [0.25, 0.3) is 21.5 Å². The van der Waals surface area contributed by atoms with Gasteiger partial charge in [0.1, 0.15) is 23.3 Å². The topological polar surface area (TPSA) is 299 Å². The summed E-state index contributed by atoms with van der Waals surface area (Å²) >= 11 is 0. The Balaban J connectivity index is 0.000000406. The number of aromatic nitrogens is 4. The van der Waals surface area contributed by atoms with Gasteiger partial charge in [-0.15, -0.1) is 0 Å². The monoisotopic (exact) mass is 932 g/mol. The number of rotatable bonds is 8. The molecule has 16 nitrogen and oxygen atoms in total. The number of pyridine rings is 4. The maximum Gasteiger partial charge on any atom is 2.00 e. The summed E-state index contributed by atoms with van der Waals surface area (Å²) in [5, 5.41) is 50.8. The van der Waals surface area contributed by atoms with Gasteiger partial charge in [0.2, 0.25) is 0 Å². The minimum Gasteiger partial charge on any atom is -0.545 e. The van der Waals surface area contributed by atoms with Crippen molar-refractivity contribution in [3.8, 4) is 0 Å². The van der Waals surface area contributed by atoms with Crippen LogP contribution in [0.15, 0.2) is 170 Å². The zero-order chi connectivity index (χ0) is 41.3. The molecule has 18 heteroatoms. The predicted octanol–water partition coefficient (Wildman–Crippen LogP) is 1.92. The van der Waals surface area contributed by atoms with Crippen LogP contribution in [-0.2, 0) is 34.1 Å². The van der Waals surface area contributed by atoms with Gasteiger partial charge >= 0.3 is 34.1 Å². The maximum absolute atomic E-state index is 10.8. The molecule has 0 spiro atoms. The molecule has 8 aromatic rings. The smallest absolute Gasteiger partial charge is 0.545 e. The molecule has 4 aromatic heterocycles. The van der Waals surface area contributed by atoms with Crippen molar-refractivity contribution >= 4 is 68.7 Å². The van der Waals surface area contributed by atoms with Crippen LogP contribution in [-0.4, -0.2) is 54.8 Å². The Morgan fingerprint density at radius 2 is 0.516 bits per heavy atom. The van der Waals surface area contributed by atoms with Crippen LogP contribution in [0.1, 0.15) is 41.4 Å². The Morgan fingerprint density at radius 1 is 0.323 bits per heavy atom. The molecule has 0 aliphatic carbocycles. The molecule has 0 bridgehead atoms. The molecule has 0 fully saturated rings. The summed E-state index contributed by atoms with van der Waals surface area (Å²) in [6, 6.07) is 40.3. The molecule has 0 atom stereocenters. The molecule has 8 rings (SSSR count). The summed E-state index contributed by atoms with van der Waals surface area (Å²) in [6.45, 7) is 0. The van der Waals surface area contributed by atoms with E-state index in [1.807, 2.05) is 72.8 Å². The third-order valence-corrected chi connectivity index (χ3v) is 7.90. The Hall–Kier alpha value is -7.56. The predicted molar refractivity (Wildman–Crippen MR) is 216 cm³/mol. The largest absolute Gasteiger partial charge is 2.00 e. The standard InChI is InChI=1S/2C12H8O4.2C10H9N3.2Cu.2H2O/c2*13-11(14)9-5-6-10(12(15)16)8-4-2-1-3-7(8)9;2*1-3-7-11-9(5-1)13-10-6-2-4-8-12-10;;;;/h2*1-6H,(H,13,14)(H,15,16);2*1-8H,(H,11,12,13);;;2*1H2/q;;;;2*+2;;/p-4. The number of nitrogens with zero attached hydrogens (tertiary/aromatic N) is 4. The van der Waals surface area contributed by atoms with Crippen LogP contribution in [0.5, 0.6) is 0 Å². The molecule has 4 aromatic carbocycles. The van der Waals surface area contributed by atoms with E-state index in [1.54, 1.807) is 49.1 Å². The number of carbonyl (C=O) groups excluding carboxylic acids is 4. The Kier molecular flexibility index (Phi) is 22.4. The van der Waals surface area contributed by atoms with Crippen LogP contribution < -0.4 is 31.1 Å². The number of benzene rings is 4. The van der Waals surface area contributed by atoms with Gasteiger partial charge in [-0.05, 0) is 70.1 Å². The fourth-order valence-corrected chi connectivity index (χ4v) is 5.32. The van der Waals surface area contributed by atoms with Crippen molar-refractivity contribution in [1.29, 1.82) is 0 Å². The number of carboxylic acid groups (broad SMARTS) is 4. The number of aromatic carboxylic acids is 4. The van der Waals surface area contributed by atoms with Gasteiger partial charge in [-0.25, -0.2) is 19.9 Å². The second-order valence-electron chi connectivity index (χ2n) is 11.7. The number of fused-ring (bicyclic) bond motifs is 2. The number of carbonyl (C=O) groups is 4. The van der Waals surface area contributed by atoms with Crippen molar-refractivity contribution in [1.82, 2.24) is 19.9 Å². The van der Waals surface area contributed by atoms with E-state index in [1.165, 1.54) is 48.5 Å². The molecule has 0 unspecified atom stereocenters. The number of hydrogen-bond donors (Lipinski definition) is 2. The first-order chi connectivity index (χ1) is 28.1. The first kappa shape index (κ1) is 52.5. The molecular formula is C44H34Cu2N6O10. The van der Waals surface area contributed by atoms with Gasteiger partial charge in [-0.3, -0.25) is 0 Å². The minimum atomic E-state index is -1.33. The van der Waals surface area contributed by atoms with Crippen LogP contribution in [0.2, 0.25) is 0 Å². The Labute approximate surface area is 375 Å². The molecule has 6 N–H and O–H groups in total. The van der Waals surface area contributed by atoms with Crippen molar-refractivity contribution in [2.24, 2.45) is 0 Å². The average Bonchev–Trinajstić information content (AvgIpc) is 3.25. The van der Waals surface area contributed by atoms with Crippen molar-refractivity contribution in [2.75, 3.05) is 10.6 Å². The summed E-state index contributed by atoms with van der Waals surface area (Å²) in [7, 11) is 0. The number of anilines is 4. The van der Waals surface area contributed by atoms with E-state index in [9.17, 15) is 39.6 Å². The molecular weight excluding hydrogens is 900 g/mol. The molecule has 322 valence electrons. The van der Waals surface area contributed by atoms with Gasteiger partial charge in [0.05, 0.1) is 23.9 Å². The summed E-state index contributed by atoms with van der Waals surface area (Å²) in [5.41, 5.74) is -0.109. The summed E-state index contributed by atoms with van der Waals surface area (Å²) in [6.07, 6.45) is 6.97. The van der Waals surface area contributed by atoms with Crippen molar-refractivity contribution in [3.63, 3.8) is 0 Å². The van der Waals surface area contributed by atoms with E-state index in [-0.39, 0.29) is 67.3 Å². The van der Waals surface area contributed by atoms with Gasteiger partial charge in [0.15, 0.2) is 0 Å². The fraction of sp³-hybridized carbons (Fsp3) is 0. The Bertz CT molecular complexity index is 2290. The van der Waals surface area contributed by atoms with Crippen LogP contribution >= 0.6 is 0 Å². The summed E-state index contributed by atoms with van der Waals surface area (Å²) in [4.78, 5) is 59.8. The number of carboxylic acids is 4. The van der Waals surface area contributed by atoms with E-state index in [0.717, 1.165) is 23.3 Å². The van der Waals surface area contributed by atoms with Crippen LogP contribution in [0.4, 0.5) is 23.3 Å². The molecule has 4 heterocycles. The second-order valence-corrected chi connectivity index (χ2v) is 11.7. The molecule has 2 radical (unpaired) electrons. The third kappa shape index (κ3) is 14.9.